The van der Waals surface area contributed by atoms with Crippen LogP contribution in [-0.2, 0) is 137 Å². The Morgan fingerprint density at radius 1 is 0.373 bits per heavy atom. The SMILES string of the molecule is CC(C)OC(=O)NCc1cccc(CNC(=O)OCCCC(=O)OCC2C=CC=CC2)c1.CCOC(=O)NCc1cccc(CNC(=O)OCCCNC(=O)OCc2ccccc2)c1.CN(Cc1ccccc1)C(=O)OCCOC(=O)CC1CC(C)(C)CC(C)(CNC(=O)OCCOC(=O)N(C)Cc2ccccc2)C1.COC(=O)NCc1cccc(CNC(=O)OCCCOC(=O)N(C)Cc2ccccc2)c1. The zero-order valence-electron chi connectivity index (χ0n) is 82.9. The van der Waals surface area contributed by atoms with E-state index in [1.165, 1.54) is 21.8 Å². The number of hydrogen-bond donors (Lipinski definition) is 8. The van der Waals surface area contributed by atoms with Gasteiger partial charge in [-0.1, -0.05) is 239 Å². The molecule has 1 saturated carbocycles. The molecular formula is C105H139N11O26. The average molecular weight is 1970 g/mol. The molecule has 0 saturated heterocycles. The third-order valence-electron chi connectivity index (χ3n) is 20.9. The molecule has 0 aliphatic heterocycles. The third-order valence-corrected chi connectivity index (χ3v) is 20.9. The fraction of sp³-hybridized carbons (Fsp3) is 0.438. The summed E-state index contributed by atoms with van der Waals surface area (Å²) in [4.78, 5) is 159. The van der Waals surface area contributed by atoms with Crippen molar-refractivity contribution in [2.24, 2.45) is 22.7 Å². The number of methoxy groups -OCH3 is 1. The standard InChI is InChI=1S/C35H49N3O8.C24H32N2O6.2C23H29N3O6/c1-34(2)21-29(20-30(39)43-16-18-45-32(41)37(4)23-27-12-8-6-9-13-27)22-35(3,25-34)26-36-31(40)44-17-19-46-33(42)38(5)24-28-14-10-7-11-15-28;1-18(2)32-24(29)26-16-21-11-6-10-20(14-21)15-25-23(28)30-13-7-12-22(27)31-17-19-8-4-3-5-9-19;1-26(17-18-8-4-3-5-9-18)23(29)32-13-7-12-31-22(28)25-16-20-11-6-10-19(14-20)15-24-21(27)30-2;1-2-30-22(28)25-15-19-10-6-11-20(14-19)16-26-23(29)31-13-7-12-24-21(27)32-17-18-8-4-3-5-9-18/h6-15,29H,16-26H2,1-5H3,(H,36,40);3-6,8,10-11,14,18-19H,7,9,12-13,15-17H2,1-2H3,(H,25,28)(H,26,29);3-6,8-11,14H,7,12-13,15-17H2,1-2H3,(H,24,27)(H,25,28);3-6,8-11,14H,2,7,12-13,15-17H2,1H3,(H,24,27)(H,25,28)(H,26,29). The Hall–Kier alpha value is -15.1. The molecule has 7 aromatic rings. The van der Waals surface area contributed by atoms with Crippen LogP contribution in [0.3, 0.4) is 0 Å². The highest BCUT2D eigenvalue weighted by Crippen LogP contribution is 2.49. The van der Waals surface area contributed by atoms with Crippen LogP contribution in [0.4, 0.5) is 52.7 Å². The molecule has 7 aromatic carbocycles. The fourth-order valence-corrected chi connectivity index (χ4v) is 14.7. The first-order valence-corrected chi connectivity index (χ1v) is 47.2. The molecule has 37 heteroatoms. The van der Waals surface area contributed by atoms with E-state index in [4.69, 9.17) is 56.8 Å². The summed E-state index contributed by atoms with van der Waals surface area (Å²) >= 11 is 0. The summed E-state index contributed by atoms with van der Waals surface area (Å²) in [5.74, 6) is -0.324. The van der Waals surface area contributed by atoms with Gasteiger partial charge in [0.15, 0.2) is 0 Å². The third kappa shape index (κ3) is 52.6. The summed E-state index contributed by atoms with van der Waals surface area (Å²) in [5.41, 5.74) is 8.85. The predicted octanol–water partition coefficient (Wildman–Crippen LogP) is 16.9. The van der Waals surface area contributed by atoms with Gasteiger partial charge in [-0.3, -0.25) is 9.59 Å². The highest BCUT2D eigenvalue weighted by molar-refractivity contribution is 5.73. The van der Waals surface area contributed by atoms with E-state index in [1.807, 2.05) is 218 Å². The van der Waals surface area contributed by atoms with Crippen molar-refractivity contribution >= 4 is 79.0 Å². The van der Waals surface area contributed by atoms with Gasteiger partial charge in [0.25, 0.3) is 0 Å². The van der Waals surface area contributed by atoms with Crippen LogP contribution in [0.15, 0.2) is 218 Å². The molecule has 0 aromatic heterocycles. The first kappa shape index (κ1) is 116. The topological polar surface area (TPSA) is 448 Å². The van der Waals surface area contributed by atoms with Gasteiger partial charge < -0.3 is 119 Å². The molecule has 142 heavy (non-hydrogen) atoms. The van der Waals surface area contributed by atoms with Crippen LogP contribution in [-0.4, -0.2) is 207 Å². The quantitative estimate of drug-likeness (QED) is 0.00998. The van der Waals surface area contributed by atoms with Crippen molar-refractivity contribution in [3.05, 3.63) is 274 Å². The lowest BCUT2D eigenvalue weighted by molar-refractivity contribution is -0.147. The second kappa shape index (κ2) is 66.5. The van der Waals surface area contributed by atoms with E-state index in [9.17, 15) is 62.3 Å². The first-order valence-electron chi connectivity index (χ1n) is 47.2. The number of carbonyl (C=O) groups excluding carboxylic acids is 13. The Morgan fingerprint density at radius 2 is 0.746 bits per heavy atom. The average Bonchev–Trinajstić information content (AvgIpc) is 0.794. The number of allylic oxidation sites excluding steroid dienone is 3. The molecule has 0 bridgehead atoms. The van der Waals surface area contributed by atoms with Crippen LogP contribution >= 0.6 is 0 Å². The van der Waals surface area contributed by atoms with Gasteiger partial charge in [-0.15, -0.1) is 0 Å². The summed E-state index contributed by atoms with van der Waals surface area (Å²) in [6.07, 6.45) is 7.20. The normalized spacial score (nSPS) is 13.8. The minimum Gasteiger partial charge on any atom is -0.465 e. The molecule has 0 spiro atoms. The van der Waals surface area contributed by atoms with Crippen LogP contribution in [0.2, 0.25) is 0 Å². The van der Waals surface area contributed by atoms with Crippen molar-refractivity contribution in [2.75, 3.05) is 107 Å². The zero-order valence-corrected chi connectivity index (χ0v) is 82.9. The maximum atomic E-state index is 12.6. The first-order chi connectivity index (χ1) is 68.3. The summed E-state index contributed by atoms with van der Waals surface area (Å²) in [7, 11) is 6.27. The molecule has 0 radical (unpaired) electrons. The molecule has 3 atom stereocenters. The molecule has 2 aliphatic rings. The van der Waals surface area contributed by atoms with Gasteiger partial charge in [0.2, 0.25) is 0 Å². The van der Waals surface area contributed by atoms with Crippen molar-refractivity contribution in [1.82, 2.24) is 57.2 Å². The van der Waals surface area contributed by atoms with Crippen molar-refractivity contribution in [1.29, 1.82) is 0 Å². The second-order valence-electron chi connectivity index (χ2n) is 34.7. The van der Waals surface area contributed by atoms with Crippen LogP contribution in [0.25, 0.3) is 0 Å². The van der Waals surface area contributed by atoms with Gasteiger partial charge >= 0.3 is 79.0 Å². The van der Waals surface area contributed by atoms with Crippen molar-refractivity contribution in [3.63, 3.8) is 0 Å². The van der Waals surface area contributed by atoms with Gasteiger partial charge in [0, 0.05) is 118 Å². The van der Waals surface area contributed by atoms with Gasteiger partial charge in [0.1, 0.15) is 33.0 Å². The maximum absolute atomic E-state index is 12.6. The zero-order chi connectivity index (χ0) is 103. The van der Waals surface area contributed by atoms with E-state index < -0.39 is 67.0 Å². The molecule has 8 N–H and O–H groups in total. The number of ether oxygens (including phenoxy) is 13. The van der Waals surface area contributed by atoms with E-state index in [-0.39, 0.29) is 133 Å². The van der Waals surface area contributed by atoms with E-state index in [1.54, 1.807) is 41.9 Å². The van der Waals surface area contributed by atoms with Crippen molar-refractivity contribution in [3.8, 4) is 0 Å². The Balaban J connectivity index is 0.000000294. The lowest BCUT2D eigenvalue weighted by atomic mass is 9.60. The minimum absolute atomic E-state index is 0.0108. The number of nitrogens with zero attached hydrogens (tertiary/aromatic N) is 3. The molecule has 2 aliphatic carbocycles. The lowest BCUT2D eigenvalue weighted by Crippen LogP contribution is -2.44. The van der Waals surface area contributed by atoms with Crippen LogP contribution in [0.5, 0.6) is 0 Å². The fourth-order valence-electron chi connectivity index (χ4n) is 14.7. The van der Waals surface area contributed by atoms with Gasteiger partial charge in [0.05, 0.1) is 52.9 Å². The second-order valence-corrected chi connectivity index (χ2v) is 34.7. The lowest BCUT2D eigenvalue weighted by Gasteiger charge is -2.46. The van der Waals surface area contributed by atoms with E-state index in [0.717, 1.165) is 81.3 Å². The Labute approximate surface area is 831 Å². The number of benzene rings is 7. The van der Waals surface area contributed by atoms with Crippen molar-refractivity contribution < 1.29 is 124 Å². The Kier molecular flexibility index (Phi) is 54.2. The van der Waals surface area contributed by atoms with Gasteiger partial charge in [-0.05, 0) is 132 Å². The predicted molar refractivity (Wildman–Crippen MR) is 528 cm³/mol. The Morgan fingerprint density at radius 3 is 1.18 bits per heavy atom. The van der Waals surface area contributed by atoms with Gasteiger partial charge in [-0.25, -0.2) is 52.7 Å². The minimum atomic E-state index is -0.585. The molecule has 770 valence electrons. The largest absolute Gasteiger partial charge is 0.465 e. The summed E-state index contributed by atoms with van der Waals surface area (Å²) in [6.45, 7) is 16.9. The number of rotatable bonds is 46. The number of nitrogens with one attached hydrogen (secondary N) is 8. The van der Waals surface area contributed by atoms with E-state index in [0.29, 0.717) is 84.8 Å². The van der Waals surface area contributed by atoms with Crippen LogP contribution in [0.1, 0.15) is 155 Å². The Bertz CT molecular complexity index is 5060. The highest BCUT2D eigenvalue weighted by Gasteiger charge is 2.42. The number of hydrogen-bond acceptors (Lipinski definition) is 26. The number of amides is 11. The van der Waals surface area contributed by atoms with Crippen LogP contribution < -0.4 is 42.5 Å². The summed E-state index contributed by atoms with van der Waals surface area (Å²) < 4.78 is 66.3. The number of esters is 2. The van der Waals surface area contributed by atoms with E-state index >= 15 is 0 Å². The molecule has 11 amide bonds. The van der Waals surface area contributed by atoms with E-state index in [2.05, 4.69) is 68.0 Å². The number of alkyl carbamates (subject to hydrolysis) is 8. The summed E-state index contributed by atoms with van der Waals surface area (Å²) in [5, 5.41) is 21.4. The summed E-state index contributed by atoms with van der Waals surface area (Å²) in [6, 6.07) is 60.5. The molecule has 3 unspecified atom stereocenters. The molecule has 1 fully saturated rings. The maximum Gasteiger partial charge on any atom is 0.409 e. The van der Waals surface area contributed by atoms with Crippen LogP contribution in [0, 0.1) is 22.7 Å². The monoisotopic (exact) mass is 1970 g/mol. The van der Waals surface area contributed by atoms with Crippen molar-refractivity contribution in [2.45, 2.75) is 171 Å². The molecule has 37 nitrogen and oxygen atoms in total. The highest BCUT2D eigenvalue weighted by atomic mass is 16.6. The smallest absolute Gasteiger partial charge is 0.409 e. The van der Waals surface area contributed by atoms with Gasteiger partial charge in [-0.2, -0.15) is 0 Å². The molecular weight excluding hydrogens is 1830 g/mol. The molecule has 0 heterocycles. The molecule has 9 rings (SSSR count). The number of carbonyl (C=O) groups is 13.